The lowest BCUT2D eigenvalue weighted by atomic mass is 9.98. The van der Waals surface area contributed by atoms with Gasteiger partial charge < -0.3 is 5.32 Å². The summed E-state index contributed by atoms with van der Waals surface area (Å²) in [4.78, 5) is 8.79. The van der Waals surface area contributed by atoms with E-state index in [0.717, 1.165) is 35.7 Å². The first-order valence-corrected chi connectivity index (χ1v) is 8.08. The summed E-state index contributed by atoms with van der Waals surface area (Å²) >= 11 is 0. The molecule has 0 amide bonds. The monoisotopic (exact) mass is 305 g/mol. The number of fused-ring (bicyclic) bond motifs is 1. The molecule has 116 valence electrons. The Morgan fingerprint density at radius 3 is 2.91 bits per heavy atom. The average molecular weight is 305 g/mol. The lowest BCUT2D eigenvalue weighted by Gasteiger charge is -2.12. The van der Waals surface area contributed by atoms with Crippen molar-refractivity contribution >= 4 is 17.0 Å². The van der Waals surface area contributed by atoms with E-state index in [-0.39, 0.29) is 0 Å². The fourth-order valence-corrected chi connectivity index (χ4v) is 2.94. The van der Waals surface area contributed by atoms with E-state index in [1.165, 1.54) is 18.4 Å². The number of allylic oxidation sites excluding steroid dienone is 2. The van der Waals surface area contributed by atoms with E-state index in [4.69, 9.17) is 5.10 Å². The lowest BCUT2D eigenvalue weighted by molar-refractivity contribution is 0.736. The zero-order chi connectivity index (χ0) is 15.5. The molecule has 0 aliphatic heterocycles. The highest BCUT2D eigenvalue weighted by atomic mass is 15.3. The van der Waals surface area contributed by atoms with Crippen LogP contribution in [-0.4, -0.2) is 19.6 Å². The van der Waals surface area contributed by atoms with E-state index in [2.05, 4.69) is 21.4 Å². The molecule has 1 aliphatic rings. The van der Waals surface area contributed by atoms with Gasteiger partial charge in [-0.2, -0.15) is 0 Å². The van der Waals surface area contributed by atoms with Crippen molar-refractivity contribution < 1.29 is 0 Å². The van der Waals surface area contributed by atoms with E-state index in [0.29, 0.717) is 6.54 Å². The third-order valence-electron chi connectivity index (χ3n) is 4.16. The number of aromatic nitrogens is 4. The third-order valence-corrected chi connectivity index (χ3v) is 4.16. The number of pyridine rings is 1. The first-order valence-electron chi connectivity index (χ1n) is 8.08. The first kappa shape index (κ1) is 13.9. The zero-order valence-corrected chi connectivity index (χ0v) is 12.9. The van der Waals surface area contributed by atoms with Gasteiger partial charge in [0.15, 0.2) is 5.65 Å². The van der Waals surface area contributed by atoms with Gasteiger partial charge in [-0.3, -0.25) is 4.98 Å². The van der Waals surface area contributed by atoms with Crippen LogP contribution in [0, 0.1) is 0 Å². The molecule has 5 heteroatoms. The minimum absolute atomic E-state index is 0.659. The second kappa shape index (κ2) is 6.20. The predicted octanol–water partition coefficient (Wildman–Crippen LogP) is 3.69. The maximum absolute atomic E-state index is 4.70. The maximum Gasteiger partial charge on any atom is 0.154 e. The fourth-order valence-electron chi connectivity index (χ4n) is 2.94. The van der Waals surface area contributed by atoms with Gasteiger partial charge in [0, 0.05) is 6.20 Å². The quantitative estimate of drug-likeness (QED) is 0.798. The molecule has 0 saturated carbocycles. The molecule has 3 aromatic rings. The Hall–Kier alpha value is -2.69. The summed E-state index contributed by atoms with van der Waals surface area (Å²) in [5.74, 6) is 0.832. The average Bonchev–Trinajstić information content (AvgIpc) is 3.05. The molecular formula is C18H19N5. The molecule has 1 N–H and O–H groups in total. The largest absolute Gasteiger partial charge is 0.363 e. The van der Waals surface area contributed by atoms with Crippen molar-refractivity contribution in [1.29, 1.82) is 0 Å². The summed E-state index contributed by atoms with van der Waals surface area (Å²) in [7, 11) is 0. The van der Waals surface area contributed by atoms with Crippen LogP contribution in [0.2, 0.25) is 0 Å². The summed E-state index contributed by atoms with van der Waals surface area (Å²) in [5.41, 5.74) is 4.35. The molecule has 0 radical (unpaired) electrons. The Kier molecular flexibility index (Phi) is 3.76. The van der Waals surface area contributed by atoms with Crippen LogP contribution in [0.3, 0.4) is 0 Å². The van der Waals surface area contributed by atoms with E-state index in [1.807, 2.05) is 41.0 Å². The second-order valence-electron chi connectivity index (χ2n) is 5.78. The number of hydrogen-bond acceptors (Lipinski definition) is 4. The van der Waals surface area contributed by atoms with Crippen molar-refractivity contribution in [3.8, 4) is 0 Å². The third kappa shape index (κ3) is 2.95. The van der Waals surface area contributed by atoms with E-state index in [1.54, 1.807) is 6.20 Å². The number of rotatable bonds is 4. The first-order chi connectivity index (χ1) is 11.4. The van der Waals surface area contributed by atoms with Crippen molar-refractivity contribution in [3.05, 3.63) is 60.2 Å². The number of anilines is 1. The maximum atomic E-state index is 4.70. The van der Waals surface area contributed by atoms with E-state index >= 15 is 0 Å². The topological polar surface area (TPSA) is 55.1 Å². The molecule has 1 aliphatic carbocycles. The van der Waals surface area contributed by atoms with E-state index in [9.17, 15) is 0 Å². The normalized spacial score (nSPS) is 14.7. The zero-order valence-electron chi connectivity index (χ0n) is 12.9. The number of imidazole rings is 1. The van der Waals surface area contributed by atoms with Crippen LogP contribution in [0.25, 0.3) is 11.2 Å². The summed E-state index contributed by atoms with van der Waals surface area (Å²) in [6, 6.07) is 9.87. The summed E-state index contributed by atoms with van der Waals surface area (Å²) in [6.07, 6.45) is 10.9. The summed E-state index contributed by atoms with van der Waals surface area (Å²) in [5, 5.41) is 8.03. The Morgan fingerprint density at radius 1 is 1.09 bits per heavy atom. The molecule has 0 spiro atoms. The SMILES string of the molecule is C1=C(c2cnc3ccc(NCc4ccccn4)nn23)CCCC1. The molecule has 3 aromatic heterocycles. The highest BCUT2D eigenvalue weighted by molar-refractivity contribution is 5.66. The van der Waals surface area contributed by atoms with Crippen LogP contribution >= 0.6 is 0 Å². The van der Waals surface area contributed by atoms with Gasteiger partial charge in [0.25, 0.3) is 0 Å². The van der Waals surface area contributed by atoms with Gasteiger partial charge in [0.2, 0.25) is 0 Å². The molecule has 0 bridgehead atoms. The molecule has 0 fully saturated rings. The van der Waals surface area contributed by atoms with Crippen LogP contribution in [0.1, 0.15) is 37.1 Å². The van der Waals surface area contributed by atoms with Crippen LogP contribution < -0.4 is 5.32 Å². The molecule has 3 heterocycles. The molecule has 23 heavy (non-hydrogen) atoms. The van der Waals surface area contributed by atoms with E-state index < -0.39 is 0 Å². The number of nitrogens with one attached hydrogen (secondary N) is 1. The second-order valence-corrected chi connectivity index (χ2v) is 5.78. The van der Waals surface area contributed by atoms with Gasteiger partial charge in [-0.25, -0.2) is 9.50 Å². The Balaban J connectivity index is 1.60. The Bertz CT molecular complexity index is 835. The Labute approximate surface area is 135 Å². The molecular weight excluding hydrogens is 286 g/mol. The van der Waals surface area contributed by atoms with Crippen LogP contribution in [0.4, 0.5) is 5.82 Å². The van der Waals surface area contributed by atoms with Crippen molar-refractivity contribution in [2.24, 2.45) is 0 Å². The van der Waals surface area contributed by atoms with Crippen molar-refractivity contribution in [2.75, 3.05) is 5.32 Å². The minimum atomic E-state index is 0.659. The molecule has 0 atom stereocenters. The Morgan fingerprint density at radius 2 is 2.09 bits per heavy atom. The van der Waals surface area contributed by atoms with Crippen LogP contribution in [0.15, 0.2) is 48.8 Å². The smallest absolute Gasteiger partial charge is 0.154 e. The number of hydrogen-bond donors (Lipinski definition) is 1. The lowest BCUT2D eigenvalue weighted by Crippen LogP contribution is -2.06. The van der Waals surface area contributed by atoms with Gasteiger partial charge in [-0.05, 0) is 55.5 Å². The minimum Gasteiger partial charge on any atom is -0.363 e. The van der Waals surface area contributed by atoms with Gasteiger partial charge in [0.05, 0.1) is 24.1 Å². The van der Waals surface area contributed by atoms with Gasteiger partial charge in [0.1, 0.15) is 5.82 Å². The number of nitrogens with zero attached hydrogens (tertiary/aromatic N) is 4. The summed E-state index contributed by atoms with van der Waals surface area (Å²) < 4.78 is 1.94. The fraction of sp³-hybridized carbons (Fsp3) is 0.278. The van der Waals surface area contributed by atoms with Gasteiger partial charge in [-0.1, -0.05) is 12.1 Å². The van der Waals surface area contributed by atoms with Crippen molar-refractivity contribution in [1.82, 2.24) is 19.6 Å². The molecule has 0 saturated heterocycles. The standard InChI is InChI=1S/C18H19N5/c1-2-6-14(7-3-1)16-13-21-18-10-9-17(22-23(16)18)20-12-15-8-4-5-11-19-15/h4-6,8-11,13H,1-3,7,12H2,(H,20,22). The van der Waals surface area contributed by atoms with Gasteiger partial charge in [-0.15, -0.1) is 5.10 Å². The molecule has 0 unspecified atom stereocenters. The molecule has 5 nitrogen and oxygen atoms in total. The summed E-state index contributed by atoms with van der Waals surface area (Å²) in [6.45, 7) is 0.659. The van der Waals surface area contributed by atoms with Crippen molar-refractivity contribution in [3.63, 3.8) is 0 Å². The molecule has 0 aromatic carbocycles. The highest BCUT2D eigenvalue weighted by Crippen LogP contribution is 2.27. The predicted molar refractivity (Wildman–Crippen MR) is 91.0 cm³/mol. The van der Waals surface area contributed by atoms with Gasteiger partial charge >= 0.3 is 0 Å². The molecule has 4 rings (SSSR count). The highest BCUT2D eigenvalue weighted by Gasteiger charge is 2.12. The van der Waals surface area contributed by atoms with Crippen LogP contribution in [0.5, 0.6) is 0 Å². The van der Waals surface area contributed by atoms with Crippen LogP contribution in [-0.2, 0) is 6.54 Å². The van der Waals surface area contributed by atoms with Crippen molar-refractivity contribution in [2.45, 2.75) is 32.2 Å².